The van der Waals surface area contributed by atoms with Crippen LogP contribution in [0.5, 0.6) is 0 Å². The van der Waals surface area contributed by atoms with Crippen LogP contribution in [-0.4, -0.2) is 35.6 Å². The van der Waals surface area contributed by atoms with Gasteiger partial charge in [0, 0.05) is 32.1 Å². The third kappa shape index (κ3) is 2.78. The van der Waals surface area contributed by atoms with E-state index in [1.165, 1.54) is 5.69 Å². The summed E-state index contributed by atoms with van der Waals surface area (Å²) in [6, 6.07) is 5.00. The second-order valence-corrected chi connectivity index (χ2v) is 6.37. The maximum absolute atomic E-state index is 5.85. The first-order valence-electron chi connectivity index (χ1n) is 7.50. The SMILES string of the molecule is CO[C@H]1OC[C@@H](C(C)C)N1[C@H](c1cccn1C)C(C)C. The van der Waals surface area contributed by atoms with Gasteiger partial charge in [0.1, 0.15) is 0 Å². The number of rotatable bonds is 5. The summed E-state index contributed by atoms with van der Waals surface area (Å²) in [6.45, 7) is 9.77. The molecule has 1 aromatic rings. The van der Waals surface area contributed by atoms with E-state index < -0.39 is 0 Å². The van der Waals surface area contributed by atoms with Crippen molar-refractivity contribution in [3.8, 4) is 0 Å². The summed E-state index contributed by atoms with van der Waals surface area (Å²) in [5.41, 5.74) is 1.32. The summed E-state index contributed by atoms with van der Waals surface area (Å²) in [4.78, 5) is 2.41. The van der Waals surface area contributed by atoms with Gasteiger partial charge in [0.25, 0.3) is 0 Å². The normalized spacial score (nSPS) is 25.8. The van der Waals surface area contributed by atoms with Gasteiger partial charge in [-0.1, -0.05) is 27.7 Å². The highest BCUT2D eigenvalue weighted by molar-refractivity contribution is 5.14. The molecule has 0 bridgehead atoms. The Bertz CT molecular complexity index is 428. The first-order chi connectivity index (χ1) is 9.47. The van der Waals surface area contributed by atoms with Crippen molar-refractivity contribution in [2.75, 3.05) is 13.7 Å². The van der Waals surface area contributed by atoms with Gasteiger partial charge in [0.2, 0.25) is 6.41 Å². The first-order valence-corrected chi connectivity index (χ1v) is 7.50. The van der Waals surface area contributed by atoms with E-state index in [-0.39, 0.29) is 6.41 Å². The molecule has 4 heteroatoms. The molecule has 114 valence electrons. The van der Waals surface area contributed by atoms with Gasteiger partial charge in [-0.3, -0.25) is 0 Å². The molecule has 1 aliphatic rings. The molecule has 20 heavy (non-hydrogen) atoms. The monoisotopic (exact) mass is 280 g/mol. The molecule has 0 aliphatic carbocycles. The molecule has 0 N–H and O–H groups in total. The lowest BCUT2D eigenvalue weighted by Crippen LogP contribution is -2.45. The minimum absolute atomic E-state index is 0.246. The molecule has 1 saturated heterocycles. The van der Waals surface area contributed by atoms with Crippen LogP contribution in [0.15, 0.2) is 18.3 Å². The van der Waals surface area contributed by atoms with Gasteiger partial charge in [-0.25, -0.2) is 4.90 Å². The Balaban J connectivity index is 2.38. The molecule has 2 rings (SSSR count). The van der Waals surface area contributed by atoms with Gasteiger partial charge in [-0.15, -0.1) is 0 Å². The Morgan fingerprint density at radius 2 is 2.00 bits per heavy atom. The lowest BCUT2D eigenvalue weighted by molar-refractivity contribution is -0.178. The summed E-state index contributed by atoms with van der Waals surface area (Å²) in [6.07, 6.45) is 1.86. The molecular formula is C16H28N2O2. The maximum atomic E-state index is 5.85. The molecule has 4 nitrogen and oxygen atoms in total. The van der Waals surface area contributed by atoms with Crippen LogP contribution in [0.1, 0.15) is 39.4 Å². The third-order valence-corrected chi connectivity index (χ3v) is 4.25. The average Bonchev–Trinajstić information content (AvgIpc) is 2.97. The van der Waals surface area contributed by atoms with E-state index in [4.69, 9.17) is 9.47 Å². The lowest BCUT2D eigenvalue weighted by Gasteiger charge is -2.38. The third-order valence-electron chi connectivity index (χ3n) is 4.25. The molecular weight excluding hydrogens is 252 g/mol. The number of ether oxygens (including phenoxy) is 2. The Kier molecular flexibility index (Phi) is 4.89. The quantitative estimate of drug-likeness (QED) is 0.829. The number of hydrogen-bond acceptors (Lipinski definition) is 3. The van der Waals surface area contributed by atoms with Crippen LogP contribution < -0.4 is 0 Å². The van der Waals surface area contributed by atoms with Crippen LogP contribution in [0, 0.1) is 11.8 Å². The highest BCUT2D eigenvalue weighted by Gasteiger charge is 2.43. The van der Waals surface area contributed by atoms with Gasteiger partial charge < -0.3 is 14.0 Å². The molecule has 0 aromatic carbocycles. The zero-order valence-corrected chi connectivity index (χ0v) is 13.5. The van der Waals surface area contributed by atoms with Crippen LogP contribution >= 0.6 is 0 Å². The summed E-state index contributed by atoms with van der Waals surface area (Å²) in [7, 11) is 3.83. The van der Waals surface area contributed by atoms with E-state index in [9.17, 15) is 0 Å². The molecule has 1 fully saturated rings. The predicted molar refractivity (Wildman–Crippen MR) is 80.2 cm³/mol. The van der Waals surface area contributed by atoms with E-state index in [1.54, 1.807) is 7.11 Å². The van der Waals surface area contributed by atoms with Crippen molar-refractivity contribution in [3.05, 3.63) is 24.0 Å². The van der Waals surface area contributed by atoms with Crippen molar-refractivity contribution in [2.45, 2.75) is 46.2 Å². The van der Waals surface area contributed by atoms with Crippen molar-refractivity contribution in [1.29, 1.82) is 0 Å². The molecule has 0 unspecified atom stereocenters. The van der Waals surface area contributed by atoms with E-state index in [0.717, 1.165) is 6.61 Å². The second-order valence-electron chi connectivity index (χ2n) is 6.37. The summed E-state index contributed by atoms with van der Waals surface area (Å²) >= 11 is 0. The van der Waals surface area contributed by atoms with Crippen molar-refractivity contribution < 1.29 is 9.47 Å². The van der Waals surface area contributed by atoms with E-state index in [0.29, 0.717) is 23.9 Å². The van der Waals surface area contributed by atoms with E-state index >= 15 is 0 Å². The van der Waals surface area contributed by atoms with Crippen LogP contribution in [0.25, 0.3) is 0 Å². The van der Waals surface area contributed by atoms with Crippen LogP contribution in [0.3, 0.4) is 0 Å². The Labute approximate surface area is 122 Å². The summed E-state index contributed by atoms with van der Waals surface area (Å²) < 4.78 is 13.6. The van der Waals surface area contributed by atoms with Crippen molar-refractivity contribution in [1.82, 2.24) is 9.47 Å². The molecule has 0 radical (unpaired) electrons. The van der Waals surface area contributed by atoms with Crippen LogP contribution in [0.4, 0.5) is 0 Å². The fraction of sp³-hybridized carbons (Fsp3) is 0.750. The minimum atomic E-state index is -0.246. The molecule has 1 aliphatic heterocycles. The van der Waals surface area contributed by atoms with Gasteiger partial charge in [0.05, 0.1) is 12.6 Å². The zero-order valence-electron chi connectivity index (χ0n) is 13.5. The average molecular weight is 280 g/mol. The smallest absolute Gasteiger partial charge is 0.219 e. The highest BCUT2D eigenvalue weighted by atomic mass is 16.7. The Morgan fingerprint density at radius 1 is 1.30 bits per heavy atom. The first kappa shape index (κ1) is 15.5. The highest BCUT2D eigenvalue weighted by Crippen LogP contribution is 2.37. The number of hydrogen-bond donors (Lipinski definition) is 0. The number of aryl methyl sites for hydroxylation is 1. The Hall–Kier alpha value is -0.840. The number of aromatic nitrogens is 1. The van der Waals surface area contributed by atoms with Crippen molar-refractivity contribution in [2.24, 2.45) is 18.9 Å². The van der Waals surface area contributed by atoms with E-state index in [2.05, 4.69) is 62.5 Å². The zero-order chi connectivity index (χ0) is 14.9. The molecule has 3 atom stereocenters. The molecule has 1 aromatic heterocycles. The standard InChI is InChI=1S/C16H28N2O2/c1-11(2)14-10-20-16(19-6)18(14)15(12(3)4)13-8-7-9-17(13)5/h7-9,11-12,14-16H,10H2,1-6H3/t14-,15-,16-/m0/s1. The topological polar surface area (TPSA) is 26.6 Å². The van der Waals surface area contributed by atoms with E-state index in [1.807, 2.05) is 0 Å². The molecule has 0 saturated carbocycles. The lowest BCUT2D eigenvalue weighted by atomic mass is 9.95. The fourth-order valence-corrected chi connectivity index (χ4v) is 3.19. The van der Waals surface area contributed by atoms with Gasteiger partial charge in [0.15, 0.2) is 0 Å². The number of nitrogens with zero attached hydrogens (tertiary/aromatic N) is 2. The van der Waals surface area contributed by atoms with Crippen LogP contribution in [-0.2, 0) is 16.5 Å². The van der Waals surface area contributed by atoms with Gasteiger partial charge in [-0.05, 0) is 24.0 Å². The maximum Gasteiger partial charge on any atom is 0.219 e. The Morgan fingerprint density at radius 3 is 2.45 bits per heavy atom. The second kappa shape index (κ2) is 6.29. The van der Waals surface area contributed by atoms with Crippen molar-refractivity contribution >= 4 is 0 Å². The van der Waals surface area contributed by atoms with Crippen LogP contribution in [0.2, 0.25) is 0 Å². The predicted octanol–water partition coefficient (Wildman–Crippen LogP) is 3.01. The van der Waals surface area contributed by atoms with Crippen molar-refractivity contribution in [3.63, 3.8) is 0 Å². The summed E-state index contributed by atoms with van der Waals surface area (Å²) in [5, 5.41) is 0. The fourth-order valence-electron chi connectivity index (χ4n) is 3.19. The largest absolute Gasteiger partial charge is 0.353 e. The molecule has 2 heterocycles. The van der Waals surface area contributed by atoms with Gasteiger partial charge >= 0.3 is 0 Å². The van der Waals surface area contributed by atoms with Gasteiger partial charge in [-0.2, -0.15) is 0 Å². The molecule has 0 amide bonds. The number of methoxy groups -OCH3 is 1. The molecule has 0 spiro atoms. The summed E-state index contributed by atoms with van der Waals surface area (Å²) in [5.74, 6) is 1.03. The minimum Gasteiger partial charge on any atom is -0.353 e.